The first-order valence-corrected chi connectivity index (χ1v) is 14.3. The molecule has 3 aromatic rings. The van der Waals surface area contributed by atoms with Gasteiger partial charge in [-0.1, -0.05) is 57.0 Å². The smallest absolute Gasteiger partial charge is 0.257 e. The van der Waals surface area contributed by atoms with Crippen LogP contribution in [0.25, 0.3) is 11.3 Å². The predicted octanol–water partition coefficient (Wildman–Crippen LogP) is 6.00. The van der Waals surface area contributed by atoms with E-state index in [1.807, 2.05) is 6.07 Å². The highest BCUT2D eigenvalue weighted by atomic mass is 35.5. The lowest BCUT2D eigenvalue weighted by Gasteiger charge is -2.33. The van der Waals surface area contributed by atoms with E-state index in [2.05, 4.69) is 15.0 Å². The second-order valence-electron chi connectivity index (χ2n) is 10.6. The van der Waals surface area contributed by atoms with Crippen LogP contribution in [0.4, 0.5) is 11.4 Å². The molecule has 0 bridgehead atoms. The number of hydrogen-bond acceptors (Lipinski definition) is 6. The number of carbonyl (C=O) groups is 2. The first-order chi connectivity index (χ1) is 18.1. The van der Waals surface area contributed by atoms with Gasteiger partial charge in [-0.2, -0.15) is 0 Å². The van der Waals surface area contributed by atoms with Gasteiger partial charge < -0.3 is 5.32 Å². The van der Waals surface area contributed by atoms with Crippen LogP contribution in [0, 0.1) is 10.8 Å². The number of rotatable bonds is 10. The fourth-order valence-corrected chi connectivity index (χ4v) is 6.66. The van der Waals surface area contributed by atoms with Crippen LogP contribution < -0.4 is 15.5 Å². The van der Waals surface area contributed by atoms with E-state index in [4.69, 9.17) is 28.4 Å². The Morgan fingerprint density at radius 2 is 1.64 bits per heavy atom. The molecule has 2 aromatic carbocycles. The van der Waals surface area contributed by atoms with Crippen LogP contribution >= 0.6 is 23.2 Å². The molecule has 1 heterocycles. The molecule has 0 fully saturated rings. The molecule has 0 aliphatic heterocycles. The number of amides is 2. The average Bonchev–Trinajstić information content (AvgIpc) is 2.83. The number of nitrogens with one attached hydrogen (secondary N) is 3. The lowest BCUT2D eigenvalue weighted by molar-refractivity contribution is -0.139. The van der Waals surface area contributed by atoms with Gasteiger partial charge in [0.05, 0.1) is 27.1 Å². The summed E-state index contributed by atoms with van der Waals surface area (Å²) in [6.07, 6.45) is 1.84. The zero-order valence-electron chi connectivity index (χ0n) is 21.9. The number of halogens is 2. The topological polar surface area (TPSA) is 137 Å². The quantitative estimate of drug-likeness (QED) is 0.168. The zero-order chi connectivity index (χ0) is 29.0. The van der Waals surface area contributed by atoms with Gasteiger partial charge in [0, 0.05) is 28.6 Å². The van der Waals surface area contributed by atoms with Gasteiger partial charge in [-0.05, 0) is 60.4 Å². The third-order valence-electron chi connectivity index (χ3n) is 5.87. The highest BCUT2D eigenvalue weighted by Crippen LogP contribution is 2.35. The minimum Gasteiger partial charge on any atom is -0.322 e. The van der Waals surface area contributed by atoms with Crippen molar-refractivity contribution in [3.63, 3.8) is 0 Å². The van der Waals surface area contributed by atoms with Crippen LogP contribution in [0.2, 0.25) is 10.0 Å². The van der Waals surface area contributed by atoms with Crippen LogP contribution in [-0.2, 0) is 14.8 Å². The highest BCUT2D eigenvalue weighted by molar-refractivity contribution is 7.92. The van der Waals surface area contributed by atoms with E-state index in [0.717, 1.165) is 0 Å². The summed E-state index contributed by atoms with van der Waals surface area (Å²) in [5, 5.41) is 12.3. The summed E-state index contributed by atoms with van der Waals surface area (Å²) in [5.41, 5.74) is 1.92. The number of sulfonamides is 1. The summed E-state index contributed by atoms with van der Waals surface area (Å²) in [5.74, 6) is -1.39. The zero-order valence-corrected chi connectivity index (χ0v) is 24.2. The monoisotopic (exact) mass is 592 g/mol. The molecule has 208 valence electrons. The number of hydrogen-bond donors (Lipinski definition) is 4. The van der Waals surface area contributed by atoms with Crippen molar-refractivity contribution in [1.29, 1.82) is 0 Å². The molecule has 0 atom stereocenters. The van der Waals surface area contributed by atoms with Gasteiger partial charge in [0.25, 0.3) is 5.91 Å². The van der Waals surface area contributed by atoms with Crippen molar-refractivity contribution in [1.82, 2.24) is 10.5 Å². The predicted molar refractivity (Wildman–Crippen MR) is 154 cm³/mol. The van der Waals surface area contributed by atoms with E-state index in [9.17, 15) is 18.0 Å². The molecule has 4 N–H and O–H groups in total. The summed E-state index contributed by atoms with van der Waals surface area (Å²) in [6.45, 7) is 6.67. The van der Waals surface area contributed by atoms with E-state index in [1.165, 1.54) is 18.2 Å². The number of nitrogens with zero attached hydrogens (tertiary/aromatic N) is 1. The number of hydroxylamine groups is 1. The van der Waals surface area contributed by atoms with Crippen molar-refractivity contribution in [3.05, 3.63) is 76.4 Å². The summed E-state index contributed by atoms with van der Waals surface area (Å²) in [6, 6.07) is 14.6. The largest absolute Gasteiger partial charge is 0.322 e. The maximum absolute atomic E-state index is 12.9. The van der Waals surface area contributed by atoms with E-state index in [-0.39, 0.29) is 28.4 Å². The minimum atomic E-state index is -3.85. The molecule has 0 saturated heterocycles. The standard InChI is InChI=1S/C27H30Cl2N4O5S/c1-26(2,15-27(3,4)25(35)32-36)16-39(37,38)33-18-8-10-19(22(29)14-18)24(34)31-17-9-11-21(28)20(13-17)23-7-5-6-12-30-23/h5-14,33,36H,15-16H2,1-4H3,(H,31,34)(H,32,35). The summed E-state index contributed by atoms with van der Waals surface area (Å²) in [4.78, 5) is 29.1. The molecular weight excluding hydrogens is 563 g/mol. The Hall–Kier alpha value is -3.18. The Morgan fingerprint density at radius 1 is 0.949 bits per heavy atom. The van der Waals surface area contributed by atoms with E-state index in [0.29, 0.717) is 22.0 Å². The lowest BCUT2D eigenvalue weighted by atomic mass is 9.76. The van der Waals surface area contributed by atoms with Gasteiger partial charge in [0.15, 0.2) is 0 Å². The Kier molecular flexibility index (Phi) is 9.27. The molecule has 0 unspecified atom stereocenters. The maximum atomic E-state index is 12.9. The van der Waals surface area contributed by atoms with Crippen molar-refractivity contribution in [2.45, 2.75) is 34.1 Å². The normalized spacial score (nSPS) is 12.1. The molecule has 0 saturated carbocycles. The molecule has 0 aliphatic rings. The molecule has 0 spiro atoms. The van der Waals surface area contributed by atoms with Crippen molar-refractivity contribution in [3.8, 4) is 11.3 Å². The lowest BCUT2D eigenvalue weighted by Crippen LogP contribution is -2.40. The summed E-state index contributed by atoms with van der Waals surface area (Å²) >= 11 is 12.7. The second-order valence-corrected chi connectivity index (χ2v) is 13.1. The average molecular weight is 594 g/mol. The maximum Gasteiger partial charge on any atom is 0.257 e. The van der Waals surface area contributed by atoms with Crippen LogP contribution in [0.1, 0.15) is 44.5 Å². The molecule has 2 amide bonds. The molecule has 0 aliphatic carbocycles. The molecule has 12 heteroatoms. The first kappa shape index (κ1) is 30.4. The van der Waals surface area contributed by atoms with Gasteiger partial charge in [0.1, 0.15) is 0 Å². The van der Waals surface area contributed by atoms with E-state index < -0.39 is 32.7 Å². The second kappa shape index (κ2) is 11.9. The SMILES string of the molecule is CC(C)(CC(C)(C)C(=O)NO)CS(=O)(=O)Nc1ccc(C(=O)Nc2ccc(Cl)c(-c3ccccn3)c2)c(Cl)c1. The van der Waals surface area contributed by atoms with Crippen molar-refractivity contribution in [2.24, 2.45) is 10.8 Å². The number of anilines is 2. The van der Waals surface area contributed by atoms with E-state index >= 15 is 0 Å². The first-order valence-electron chi connectivity index (χ1n) is 11.9. The van der Waals surface area contributed by atoms with Gasteiger partial charge >= 0.3 is 0 Å². The summed E-state index contributed by atoms with van der Waals surface area (Å²) < 4.78 is 28.3. The molecule has 39 heavy (non-hydrogen) atoms. The highest BCUT2D eigenvalue weighted by Gasteiger charge is 2.37. The molecule has 3 rings (SSSR count). The van der Waals surface area contributed by atoms with Crippen LogP contribution in [0.3, 0.4) is 0 Å². The molecule has 1 aromatic heterocycles. The van der Waals surface area contributed by atoms with Crippen molar-refractivity contribution >= 4 is 56.4 Å². The molecule has 9 nitrogen and oxygen atoms in total. The van der Waals surface area contributed by atoms with Crippen molar-refractivity contribution in [2.75, 3.05) is 15.8 Å². The number of carbonyl (C=O) groups excluding carboxylic acids is 2. The number of aromatic nitrogens is 1. The number of pyridine rings is 1. The van der Waals surface area contributed by atoms with Crippen LogP contribution in [0.5, 0.6) is 0 Å². The summed E-state index contributed by atoms with van der Waals surface area (Å²) in [7, 11) is -3.85. The Balaban J connectivity index is 1.72. The van der Waals surface area contributed by atoms with Gasteiger partial charge in [-0.25, -0.2) is 13.9 Å². The van der Waals surface area contributed by atoms with Crippen LogP contribution in [0.15, 0.2) is 60.8 Å². The van der Waals surface area contributed by atoms with Crippen molar-refractivity contribution < 1.29 is 23.2 Å². The molecule has 0 radical (unpaired) electrons. The minimum absolute atomic E-state index is 0.0478. The van der Waals surface area contributed by atoms with Gasteiger partial charge in [-0.15, -0.1) is 0 Å². The number of benzene rings is 2. The van der Waals surface area contributed by atoms with Gasteiger partial charge in [0.2, 0.25) is 15.9 Å². The fraction of sp³-hybridized carbons (Fsp3) is 0.296. The Bertz CT molecular complexity index is 1480. The van der Waals surface area contributed by atoms with Crippen LogP contribution in [-0.4, -0.2) is 36.2 Å². The third-order valence-corrected chi connectivity index (χ3v) is 8.22. The van der Waals surface area contributed by atoms with E-state index in [1.54, 1.807) is 69.7 Å². The van der Waals surface area contributed by atoms with Gasteiger partial charge in [-0.3, -0.25) is 24.5 Å². The Morgan fingerprint density at radius 3 is 2.26 bits per heavy atom. The fourth-order valence-electron chi connectivity index (χ4n) is 4.49. The Labute approximate surface area is 238 Å². The third kappa shape index (κ3) is 8.15. The molecular formula is C27H30Cl2N4O5S.